The Bertz CT molecular complexity index is 731. The molecule has 0 atom stereocenters. The van der Waals surface area contributed by atoms with Crippen LogP contribution in [0.4, 0.5) is 0 Å². The molecule has 0 amide bonds. The van der Waals surface area contributed by atoms with Crippen molar-refractivity contribution < 1.29 is 8.42 Å². The zero-order chi connectivity index (χ0) is 15.6. The van der Waals surface area contributed by atoms with Crippen LogP contribution in [0.25, 0.3) is 0 Å². The van der Waals surface area contributed by atoms with Crippen LogP contribution in [-0.2, 0) is 23.1 Å². The van der Waals surface area contributed by atoms with Gasteiger partial charge in [-0.15, -0.1) is 11.3 Å². The molecular formula is C13H14Cl2N2O2S2. The second kappa shape index (κ2) is 6.64. The van der Waals surface area contributed by atoms with Crippen molar-refractivity contribution in [2.45, 2.75) is 18.0 Å². The molecule has 1 aromatic heterocycles. The first-order chi connectivity index (χ1) is 9.86. The summed E-state index contributed by atoms with van der Waals surface area (Å²) in [7, 11) is -2.22. The zero-order valence-corrected chi connectivity index (χ0v) is 14.4. The molecule has 2 aromatic rings. The number of benzene rings is 1. The van der Waals surface area contributed by atoms with Crippen molar-refractivity contribution in [1.82, 2.24) is 4.31 Å². The minimum atomic E-state index is -3.73. The lowest BCUT2D eigenvalue weighted by atomic mass is 10.2. The van der Waals surface area contributed by atoms with Crippen molar-refractivity contribution in [3.05, 3.63) is 50.1 Å². The lowest BCUT2D eigenvalue weighted by Crippen LogP contribution is -2.26. The largest absolute Gasteiger partial charge is 0.326 e. The first-order valence-electron chi connectivity index (χ1n) is 6.03. The number of nitrogens with zero attached hydrogens (tertiary/aromatic N) is 1. The maximum Gasteiger partial charge on any atom is 0.244 e. The molecule has 2 N–H and O–H groups in total. The van der Waals surface area contributed by atoms with E-state index in [1.54, 1.807) is 6.07 Å². The molecule has 4 nitrogen and oxygen atoms in total. The first kappa shape index (κ1) is 16.7. The fourth-order valence-electron chi connectivity index (χ4n) is 1.83. The van der Waals surface area contributed by atoms with Crippen LogP contribution in [0.2, 0.25) is 10.0 Å². The zero-order valence-electron chi connectivity index (χ0n) is 11.2. The predicted octanol–water partition coefficient (Wildman–Crippen LogP) is 3.33. The van der Waals surface area contributed by atoms with E-state index in [0.29, 0.717) is 10.6 Å². The molecule has 0 saturated heterocycles. The van der Waals surface area contributed by atoms with Crippen LogP contribution < -0.4 is 5.73 Å². The maximum absolute atomic E-state index is 12.6. The van der Waals surface area contributed by atoms with E-state index in [2.05, 4.69) is 0 Å². The van der Waals surface area contributed by atoms with Crippen molar-refractivity contribution in [3.63, 3.8) is 0 Å². The van der Waals surface area contributed by atoms with Gasteiger partial charge in [-0.3, -0.25) is 0 Å². The number of nitrogens with two attached hydrogens (primary N) is 1. The van der Waals surface area contributed by atoms with Crippen LogP contribution in [0.1, 0.15) is 10.4 Å². The average Bonchev–Trinajstić information content (AvgIpc) is 2.93. The number of sulfonamides is 1. The monoisotopic (exact) mass is 364 g/mol. The first-order valence-corrected chi connectivity index (χ1v) is 9.10. The second-order valence-electron chi connectivity index (χ2n) is 4.42. The topological polar surface area (TPSA) is 63.4 Å². The summed E-state index contributed by atoms with van der Waals surface area (Å²) in [6.07, 6.45) is 0. The summed E-state index contributed by atoms with van der Waals surface area (Å²) in [6.45, 7) is 0.400. The van der Waals surface area contributed by atoms with Crippen LogP contribution in [0.3, 0.4) is 0 Å². The average molecular weight is 365 g/mol. The molecule has 1 aromatic carbocycles. The molecule has 0 saturated carbocycles. The number of hydrogen-bond acceptors (Lipinski definition) is 4. The van der Waals surface area contributed by atoms with Gasteiger partial charge in [-0.05, 0) is 29.1 Å². The molecule has 0 fully saturated rings. The van der Waals surface area contributed by atoms with Gasteiger partial charge in [0.1, 0.15) is 4.90 Å². The van der Waals surface area contributed by atoms with Crippen LogP contribution >= 0.6 is 34.5 Å². The van der Waals surface area contributed by atoms with Crippen LogP contribution in [0.15, 0.2) is 34.5 Å². The van der Waals surface area contributed by atoms with E-state index in [1.165, 1.54) is 28.8 Å². The molecular weight excluding hydrogens is 351 g/mol. The highest BCUT2D eigenvalue weighted by atomic mass is 35.5. The van der Waals surface area contributed by atoms with E-state index >= 15 is 0 Å². The quantitative estimate of drug-likeness (QED) is 0.884. The summed E-state index contributed by atoms with van der Waals surface area (Å²) in [5.41, 5.74) is 6.07. The van der Waals surface area contributed by atoms with Gasteiger partial charge in [0.2, 0.25) is 10.0 Å². The van der Waals surface area contributed by atoms with E-state index in [0.717, 1.165) is 4.88 Å². The van der Waals surface area contributed by atoms with Crippen molar-refractivity contribution in [2.75, 3.05) is 7.05 Å². The fourth-order valence-corrected chi connectivity index (χ4v) is 4.73. The Morgan fingerprint density at radius 2 is 2.05 bits per heavy atom. The minimum Gasteiger partial charge on any atom is -0.326 e. The van der Waals surface area contributed by atoms with Crippen LogP contribution in [-0.4, -0.2) is 19.8 Å². The molecule has 0 aliphatic heterocycles. The normalized spacial score (nSPS) is 12.0. The second-order valence-corrected chi connectivity index (χ2v) is 8.28. The molecule has 0 aliphatic rings. The van der Waals surface area contributed by atoms with Gasteiger partial charge < -0.3 is 5.73 Å². The standard InChI is InChI=1S/C13H14Cl2N2O2S2/c1-17(8-11-3-2-4-20-11)21(18,19)12-6-10(14)5-9(7-16)13(12)15/h2-6H,7-8,16H2,1H3. The van der Waals surface area contributed by atoms with Gasteiger partial charge in [0.25, 0.3) is 0 Å². The van der Waals surface area contributed by atoms with Gasteiger partial charge in [0.15, 0.2) is 0 Å². The van der Waals surface area contributed by atoms with Gasteiger partial charge in [-0.1, -0.05) is 29.3 Å². The Morgan fingerprint density at radius 3 is 2.62 bits per heavy atom. The molecule has 114 valence electrons. The molecule has 0 aliphatic carbocycles. The van der Waals surface area contributed by atoms with Crippen molar-refractivity contribution in [3.8, 4) is 0 Å². The van der Waals surface area contributed by atoms with Crippen LogP contribution in [0, 0.1) is 0 Å². The highest BCUT2D eigenvalue weighted by Gasteiger charge is 2.25. The third-order valence-corrected chi connectivity index (χ3v) is 6.41. The number of rotatable bonds is 5. The van der Waals surface area contributed by atoms with Crippen molar-refractivity contribution in [1.29, 1.82) is 0 Å². The van der Waals surface area contributed by atoms with Gasteiger partial charge >= 0.3 is 0 Å². The molecule has 0 bridgehead atoms. The molecule has 8 heteroatoms. The summed E-state index contributed by atoms with van der Waals surface area (Å²) in [4.78, 5) is 0.925. The number of hydrogen-bond donors (Lipinski definition) is 1. The molecule has 0 spiro atoms. The smallest absolute Gasteiger partial charge is 0.244 e. The van der Waals surface area contributed by atoms with Gasteiger partial charge in [-0.2, -0.15) is 4.31 Å². The number of thiophene rings is 1. The van der Waals surface area contributed by atoms with E-state index in [1.807, 2.05) is 17.5 Å². The molecule has 2 rings (SSSR count). The Hall–Kier alpha value is -0.630. The highest BCUT2D eigenvalue weighted by Crippen LogP contribution is 2.31. The van der Waals surface area contributed by atoms with Crippen molar-refractivity contribution in [2.24, 2.45) is 5.73 Å². The summed E-state index contributed by atoms with van der Waals surface area (Å²) in [5.74, 6) is 0. The fraction of sp³-hybridized carbons (Fsp3) is 0.231. The van der Waals surface area contributed by atoms with E-state index in [9.17, 15) is 8.42 Å². The van der Waals surface area contributed by atoms with Gasteiger partial charge in [-0.25, -0.2) is 8.42 Å². The Labute approximate surface area is 138 Å². The third-order valence-electron chi connectivity index (χ3n) is 2.95. The van der Waals surface area contributed by atoms with E-state index in [4.69, 9.17) is 28.9 Å². The Balaban J connectivity index is 2.41. The third kappa shape index (κ3) is 3.59. The molecule has 0 unspecified atom stereocenters. The lowest BCUT2D eigenvalue weighted by molar-refractivity contribution is 0.469. The summed E-state index contributed by atoms with van der Waals surface area (Å²) >= 11 is 13.6. The van der Waals surface area contributed by atoms with Crippen LogP contribution in [0.5, 0.6) is 0 Å². The molecule has 0 radical (unpaired) electrons. The minimum absolute atomic E-state index is 0.0174. The van der Waals surface area contributed by atoms with Gasteiger partial charge in [0.05, 0.1) is 5.02 Å². The summed E-state index contributed by atoms with van der Waals surface area (Å²) < 4.78 is 26.5. The Kier molecular flexibility index (Phi) is 5.29. The number of halogens is 2. The summed E-state index contributed by atoms with van der Waals surface area (Å²) in [6, 6.07) is 6.67. The van der Waals surface area contributed by atoms with E-state index in [-0.39, 0.29) is 23.0 Å². The maximum atomic E-state index is 12.6. The predicted molar refractivity (Wildman–Crippen MR) is 87.3 cm³/mol. The lowest BCUT2D eigenvalue weighted by Gasteiger charge is -2.18. The highest BCUT2D eigenvalue weighted by molar-refractivity contribution is 7.89. The molecule has 1 heterocycles. The van der Waals surface area contributed by atoms with Crippen molar-refractivity contribution >= 4 is 44.6 Å². The van der Waals surface area contributed by atoms with E-state index < -0.39 is 10.0 Å². The molecule has 21 heavy (non-hydrogen) atoms. The van der Waals surface area contributed by atoms with Gasteiger partial charge in [0, 0.05) is 30.0 Å². The Morgan fingerprint density at radius 1 is 1.33 bits per heavy atom. The SMILES string of the molecule is CN(Cc1cccs1)S(=O)(=O)c1cc(Cl)cc(CN)c1Cl. The summed E-state index contributed by atoms with van der Waals surface area (Å²) in [5, 5.41) is 2.32.